The van der Waals surface area contributed by atoms with E-state index in [4.69, 9.17) is 9.73 Å². The first-order valence-electron chi connectivity index (χ1n) is 12.5. The van der Waals surface area contributed by atoms with Crippen molar-refractivity contribution in [3.63, 3.8) is 0 Å². The van der Waals surface area contributed by atoms with E-state index in [2.05, 4.69) is 52.0 Å². The topological polar surface area (TPSA) is 62.1 Å². The van der Waals surface area contributed by atoms with Gasteiger partial charge in [0.1, 0.15) is 29.6 Å². The summed E-state index contributed by atoms with van der Waals surface area (Å²) in [5, 5.41) is 10.5. The monoisotopic (exact) mass is 480 g/mol. The number of benzene rings is 2. The number of aliphatic imine (C=N–C) groups is 1. The van der Waals surface area contributed by atoms with E-state index in [0.29, 0.717) is 24.6 Å². The summed E-state index contributed by atoms with van der Waals surface area (Å²) in [5.74, 6) is -0.732. The third kappa shape index (κ3) is 7.41. The highest BCUT2D eigenvalue weighted by molar-refractivity contribution is 6.20. The maximum absolute atomic E-state index is 13.5. The van der Waals surface area contributed by atoms with Crippen molar-refractivity contribution in [2.75, 3.05) is 13.2 Å². The fraction of sp³-hybridized carbons (Fsp3) is 0.448. The molecular formula is C29H37FN2O3. The van der Waals surface area contributed by atoms with Gasteiger partial charge in [-0.05, 0) is 47.2 Å². The Balaban J connectivity index is 1.97. The minimum atomic E-state index is -0.595. The Morgan fingerprint density at radius 1 is 1.03 bits per heavy atom. The van der Waals surface area contributed by atoms with E-state index in [9.17, 15) is 14.3 Å². The van der Waals surface area contributed by atoms with Crippen LogP contribution in [0.4, 0.5) is 10.1 Å². The molecule has 1 heterocycles. The van der Waals surface area contributed by atoms with Crippen LogP contribution in [0.25, 0.3) is 0 Å². The average Bonchev–Trinajstić information content (AvgIpc) is 3.15. The molecule has 0 aromatic heterocycles. The molecule has 0 aliphatic carbocycles. The van der Waals surface area contributed by atoms with Crippen LogP contribution < -0.4 is 0 Å². The zero-order valence-electron chi connectivity index (χ0n) is 21.3. The van der Waals surface area contributed by atoms with Crippen LogP contribution in [-0.4, -0.2) is 35.0 Å². The Labute approximate surface area is 208 Å². The van der Waals surface area contributed by atoms with Crippen molar-refractivity contribution in [1.29, 1.82) is 0 Å². The molecule has 2 aromatic carbocycles. The van der Waals surface area contributed by atoms with Crippen molar-refractivity contribution in [3.8, 4) is 0 Å². The number of cyclic esters (lactones) is 1. The van der Waals surface area contributed by atoms with Crippen molar-refractivity contribution >= 4 is 17.5 Å². The molecule has 188 valence electrons. The van der Waals surface area contributed by atoms with E-state index in [0.717, 1.165) is 31.2 Å². The summed E-state index contributed by atoms with van der Waals surface area (Å²) in [6.07, 6.45) is 5.47. The molecule has 5 nitrogen and oxygen atoms in total. The lowest BCUT2D eigenvalue weighted by Gasteiger charge is -2.27. The van der Waals surface area contributed by atoms with Crippen LogP contribution in [0.3, 0.4) is 0 Å². The summed E-state index contributed by atoms with van der Waals surface area (Å²) in [5.41, 5.74) is 2.95. The van der Waals surface area contributed by atoms with Crippen LogP contribution in [0.5, 0.6) is 0 Å². The Morgan fingerprint density at radius 3 is 2.26 bits per heavy atom. The van der Waals surface area contributed by atoms with Gasteiger partial charge >= 0.3 is 5.97 Å². The fourth-order valence-corrected chi connectivity index (χ4v) is 4.04. The maximum atomic E-state index is 13.5. The number of aliphatic hydroxyl groups is 1. The molecule has 0 atom stereocenters. The van der Waals surface area contributed by atoms with E-state index < -0.39 is 5.97 Å². The number of hydrogen-bond donors (Lipinski definition) is 1. The number of carbonyl (C=O) groups excluding carboxylic acids is 1. The van der Waals surface area contributed by atoms with Crippen molar-refractivity contribution in [3.05, 3.63) is 76.8 Å². The summed E-state index contributed by atoms with van der Waals surface area (Å²) in [7, 11) is 0. The number of amidine groups is 1. The van der Waals surface area contributed by atoms with Crippen molar-refractivity contribution in [1.82, 2.24) is 4.90 Å². The molecule has 0 saturated carbocycles. The Hall–Kier alpha value is -3.15. The highest BCUT2D eigenvalue weighted by Gasteiger charge is 2.32. The van der Waals surface area contributed by atoms with Gasteiger partial charge in [0.15, 0.2) is 0 Å². The Kier molecular flexibility index (Phi) is 9.07. The summed E-state index contributed by atoms with van der Waals surface area (Å²) >= 11 is 0. The largest absolute Gasteiger partial charge is 0.508 e. The summed E-state index contributed by atoms with van der Waals surface area (Å²) < 4.78 is 18.6. The number of ether oxygens (including phenoxy) is 1. The number of hydrogen-bond acceptors (Lipinski definition) is 4. The highest BCUT2D eigenvalue weighted by Crippen LogP contribution is 2.26. The second-order valence-corrected chi connectivity index (χ2v) is 10.1. The first-order valence-corrected chi connectivity index (χ1v) is 12.5. The quantitative estimate of drug-likeness (QED) is 0.172. The van der Waals surface area contributed by atoms with Crippen LogP contribution in [0.15, 0.2) is 64.9 Å². The molecule has 0 bridgehead atoms. The van der Waals surface area contributed by atoms with E-state index in [1.807, 2.05) is 4.90 Å². The number of carbonyl (C=O) groups is 1. The first kappa shape index (κ1) is 26.5. The molecule has 2 aromatic rings. The maximum Gasteiger partial charge on any atom is 0.345 e. The SMILES string of the molecule is CCCCCCCN(Cc1ccc(C(C)(C)C)cc1)C(=Nc1ccc(F)cc1)C1=C(O)COC1=O. The predicted octanol–water partition coefficient (Wildman–Crippen LogP) is 6.99. The van der Waals surface area contributed by atoms with Crippen LogP contribution in [0, 0.1) is 5.82 Å². The molecule has 0 radical (unpaired) electrons. The second kappa shape index (κ2) is 12.0. The van der Waals surface area contributed by atoms with E-state index >= 15 is 0 Å². The van der Waals surface area contributed by atoms with Gasteiger partial charge < -0.3 is 14.7 Å². The van der Waals surface area contributed by atoms with Crippen LogP contribution >= 0.6 is 0 Å². The molecule has 0 fully saturated rings. The van der Waals surface area contributed by atoms with Crippen LogP contribution in [-0.2, 0) is 21.5 Å². The lowest BCUT2D eigenvalue weighted by atomic mass is 9.87. The van der Waals surface area contributed by atoms with Crippen LogP contribution in [0.1, 0.15) is 70.9 Å². The third-order valence-electron chi connectivity index (χ3n) is 6.14. The Morgan fingerprint density at radius 2 is 1.69 bits per heavy atom. The zero-order valence-corrected chi connectivity index (χ0v) is 21.3. The minimum Gasteiger partial charge on any atom is -0.508 e. The summed E-state index contributed by atoms with van der Waals surface area (Å²) in [6, 6.07) is 14.2. The number of unbranched alkanes of at least 4 members (excludes halogenated alkanes) is 4. The summed E-state index contributed by atoms with van der Waals surface area (Å²) in [4.78, 5) is 19.3. The molecule has 1 aliphatic rings. The van der Waals surface area contributed by atoms with E-state index in [-0.39, 0.29) is 29.2 Å². The predicted molar refractivity (Wildman–Crippen MR) is 138 cm³/mol. The molecule has 1 aliphatic heterocycles. The first-order chi connectivity index (χ1) is 16.7. The molecule has 0 spiro atoms. The number of rotatable bonds is 10. The molecule has 0 amide bonds. The summed E-state index contributed by atoms with van der Waals surface area (Å²) in [6.45, 7) is 9.73. The second-order valence-electron chi connectivity index (χ2n) is 10.1. The van der Waals surface area contributed by atoms with Crippen molar-refractivity contribution in [2.24, 2.45) is 4.99 Å². The average molecular weight is 481 g/mol. The van der Waals surface area contributed by atoms with Gasteiger partial charge in [0.25, 0.3) is 0 Å². The molecule has 1 N–H and O–H groups in total. The van der Waals surface area contributed by atoms with Gasteiger partial charge in [-0.25, -0.2) is 14.2 Å². The van der Waals surface area contributed by atoms with Gasteiger partial charge in [-0.2, -0.15) is 0 Å². The molecule has 6 heteroatoms. The van der Waals surface area contributed by atoms with E-state index in [1.165, 1.54) is 24.1 Å². The van der Waals surface area contributed by atoms with E-state index in [1.54, 1.807) is 12.1 Å². The lowest BCUT2D eigenvalue weighted by Crippen LogP contribution is -2.35. The molecule has 0 unspecified atom stereocenters. The van der Waals surface area contributed by atoms with Crippen LogP contribution in [0.2, 0.25) is 0 Å². The molecule has 3 rings (SSSR count). The molecule has 0 saturated heterocycles. The normalized spacial score (nSPS) is 14.4. The standard InChI is InChI=1S/C29H37FN2O3/c1-5-6-7-8-9-18-32(19-21-10-12-22(13-11-21)29(2,3)4)27(26-25(33)20-35-28(26)34)31-24-16-14-23(30)15-17-24/h10-17,33H,5-9,18-20H2,1-4H3. The van der Waals surface area contributed by atoms with Gasteiger partial charge in [-0.1, -0.05) is 77.6 Å². The molecule has 35 heavy (non-hydrogen) atoms. The number of nitrogens with zero attached hydrogens (tertiary/aromatic N) is 2. The lowest BCUT2D eigenvalue weighted by molar-refractivity contribution is -0.135. The van der Waals surface area contributed by atoms with Crippen molar-refractivity contribution in [2.45, 2.75) is 71.8 Å². The minimum absolute atomic E-state index is 0.0525. The smallest absolute Gasteiger partial charge is 0.345 e. The number of aliphatic hydroxyl groups excluding tert-OH is 1. The molecular weight excluding hydrogens is 443 g/mol. The zero-order chi connectivity index (χ0) is 25.4. The van der Waals surface area contributed by atoms with Gasteiger partial charge in [0.05, 0.1) is 5.69 Å². The van der Waals surface area contributed by atoms with Crippen molar-refractivity contribution < 1.29 is 19.0 Å². The third-order valence-corrected chi connectivity index (χ3v) is 6.14. The van der Waals surface area contributed by atoms with Gasteiger partial charge in [-0.15, -0.1) is 0 Å². The van der Waals surface area contributed by atoms with Gasteiger partial charge in [0.2, 0.25) is 0 Å². The fourth-order valence-electron chi connectivity index (χ4n) is 4.04. The number of esters is 1. The number of halogens is 1. The highest BCUT2D eigenvalue weighted by atomic mass is 19.1. The van der Waals surface area contributed by atoms with Gasteiger partial charge in [0, 0.05) is 13.1 Å². The van der Waals surface area contributed by atoms with Gasteiger partial charge in [-0.3, -0.25) is 0 Å². The Bertz CT molecular complexity index is 1050.